The van der Waals surface area contributed by atoms with Gasteiger partial charge in [-0.2, -0.15) is 0 Å². The van der Waals surface area contributed by atoms with E-state index in [1.165, 1.54) is 31.2 Å². The second kappa shape index (κ2) is 6.57. The van der Waals surface area contributed by atoms with Gasteiger partial charge < -0.3 is 5.11 Å². The minimum absolute atomic E-state index is 0.374. The van der Waals surface area contributed by atoms with Gasteiger partial charge in [-0.1, -0.05) is 42.7 Å². The van der Waals surface area contributed by atoms with Crippen LogP contribution in [0.25, 0.3) is 11.1 Å². The molecule has 0 aliphatic heterocycles. The van der Waals surface area contributed by atoms with E-state index in [-0.39, 0.29) is 0 Å². The van der Waals surface area contributed by atoms with Crippen LogP contribution >= 0.6 is 11.8 Å². The van der Waals surface area contributed by atoms with Gasteiger partial charge in [0.25, 0.3) is 0 Å². The Morgan fingerprint density at radius 1 is 1.05 bits per heavy atom. The fourth-order valence-electron chi connectivity index (χ4n) is 2.90. The van der Waals surface area contributed by atoms with Gasteiger partial charge in [0.05, 0.1) is 5.56 Å². The molecule has 1 saturated carbocycles. The van der Waals surface area contributed by atoms with Gasteiger partial charge in [0.15, 0.2) is 0 Å². The first-order chi connectivity index (χ1) is 10.6. The molecule has 0 bridgehead atoms. The number of carboxylic acids is 1. The summed E-state index contributed by atoms with van der Waals surface area (Å²) in [6.07, 6.45) is 5.06. The van der Waals surface area contributed by atoms with Gasteiger partial charge in [-0.25, -0.2) is 4.79 Å². The molecule has 1 fully saturated rings. The van der Waals surface area contributed by atoms with E-state index in [1.807, 2.05) is 17.8 Å². The smallest absolute Gasteiger partial charge is 0.335 e. The molecule has 114 valence electrons. The molecule has 2 aromatic rings. The standard InChI is InChI=1S/C19H20O2S/c1-13-6-8-14(9-7-13)15-10-16(19(20)21)12-18(11-15)22-17-4-2-3-5-17/h6-12,17H,2-5H2,1H3,(H,20,21). The van der Waals surface area contributed by atoms with Crippen LogP contribution in [0.1, 0.15) is 41.6 Å². The summed E-state index contributed by atoms with van der Waals surface area (Å²) in [5.41, 5.74) is 3.64. The molecule has 0 atom stereocenters. The van der Waals surface area contributed by atoms with Crippen LogP contribution in [-0.2, 0) is 0 Å². The molecule has 3 heteroatoms. The maximum atomic E-state index is 11.4. The monoisotopic (exact) mass is 312 g/mol. The van der Waals surface area contributed by atoms with E-state index < -0.39 is 5.97 Å². The van der Waals surface area contributed by atoms with Crippen molar-refractivity contribution in [2.45, 2.75) is 42.8 Å². The van der Waals surface area contributed by atoms with E-state index in [0.29, 0.717) is 10.8 Å². The quantitative estimate of drug-likeness (QED) is 0.822. The van der Waals surface area contributed by atoms with Gasteiger partial charge in [-0.05, 0) is 49.1 Å². The Labute approximate surface area is 135 Å². The summed E-state index contributed by atoms with van der Waals surface area (Å²) in [5.74, 6) is -0.859. The first-order valence-corrected chi connectivity index (χ1v) is 8.62. The van der Waals surface area contributed by atoms with E-state index in [9.17, 15) is 9.90 Å². The Morgan fingerprint density at radius 2 is 1.73 bits per heavy atom. The van der Waals surface area contributed by atoms with Crippen molar-refractivity contribution in [3.63, 3.8) is 0 Å². The highest BCUT2D eigenvalue weighted by Gasteiger charge is 2.17. The average molecular weight is 312 g/mol. The zero-order chi connectivity index (χ0) is 15.5. The fraction of sp³-hybridized carbons (Fsp3) is 0.316. The van der Waals surface area contributed by atoms with Gasteiger partial charge in [-0.3, -0.25) is 0 Å². The largest absolute Gasteiger partial charge is 0.478 e. The molecule has 0 spiro atoms. The van der Waals surface area contributed by atoms with Gasteiger partial charge in [0.2, 0.25) is 0 Å². The Morgan fingerprint density at radius 3 is 2.36 bits per heavy atom. The number of aromatic carboxylic acids is 1. The Kier molecular flexibility index (Phi) is 4.53. The van der Waals surface area contributed by atoms with Crippen molar-refractivity contribution in [3.8, 4) is 11.1 Å². The van der Waals surface area contributed by atoms with Crippen LogP contribution in [0.2, 0.25) is 0 Å². The topological polar surface area (TPSA) is 37.3 Å². The van der Waals surface area contributed by atoms with Crippen molar-refractivity contribution < 1.29 is 9.90 Å². The molecule has 0 amide bonds. The van der Waals surface area contributed by atoms with Crippen LogP contribution in [0.3, 0.4) is 0 Å². The van der Waals surface area contributed by atoms with E-state index in [4.69, 9.17) is 0 Å². The maximum absolute atomic E-state index is 11.4. The summed E-state index contributed by atoms with van der Waals surface area (Å²) in [5, 5.41) is 10.0. The van der Waals surface area contributed by atoms with Crippen molar-refractivity contribution in [1.29, 1.82) is 0 Å². The van der Waals surface area contributed by atoms with Crippen LogP contribution < -0.4 is 0 Å². The lowest BCUT2D eigenvalue weighted by atomic mass is 10.0. The molecule has 0 aromatic heterocycles. The van der Waals surface area contributed by atoms with Gasteiger partial charge in [0.1, 0.15) is 0 Å². The second-order valence-electron chi connectivity index (χ2n) is 5.94. The van der Waals surface area contributed by atoms with Gasteiger partial charge >= 0.3 is 5.97 Å². The second-order valence-corrected chi connectivity index (χ2v) is 7.32. The summed E-state index contributed by atoms with van der Waals surface area (Å²) in [6, 6.07) is 13.9. The number of hydrogen-bond acceptors (Lipinski definition) is 2. The Balaban J connectivity index is 1.95. The first kappa shape index (κ1) is 15.2. The minimum Gasteiger partial charge on any atom is -0.478 e. The zero-order valence-corrected chi connectivity index (χ0v) is 13.5. The lowest BCUT2D eigenvalue weighted by molar-refractivity contribution is 0.0696. The van der Waals surface area contributed by atoms with E-state index in [2.05, 4.69) is 37.3 Å². The molecule has 22 heavy (non-hydrogen) atoms. The summed E-state index contributed by atoms with van der Waals surface area (Å²) >= 11 is 1.83. The summed E-state index contributed by atoms with van der Waals surface area (Å²) in [7, 11) is 0. The van der Waals surface area contributed by atoms with E-state index in [1.54, 1.807) is 6.07 Å². The molecule has 1 N–H and O–H groups in total. The lowest BCUT2D eigenvalue weighted by Crippen LogP contribution is -1.99. The molecule has 2 nitrogen and oxygen atoms in total. The summed E-state index contributed by atoms with van der Waals surface area (Å²) in [4.78, 5) is 12.5. The number of benzene rings is 2. The van der Waals surface area contributed by atoms with Crippen molar-refractivity contribution in [3.05, 3.63) is 53.6 Å². The van der Waals surface area contributed by atoms with Gasteiger partial charge in [-0.15, -0.1) is 11.8 Å². The molecule has 0 unspecified atom stereocenters. The normalized spacial score (nSPS) is 15.1. The van der Waals surface area contributed by atoms with Crippen LogP contribution in [0, 0.1) is 6.92 Å². The van der Waals surface area contributed by atoms with Crippen LogP contribution in [0.15, 0.2) is 47.4 Å². The van der Waals surface area contributed by atoms with Crippen LogP contribution in [0.5, 0.6) is 0 Å². The van der Waals surface area contributed by atoms with Crippen molar-refractivity contribution >= 4 is 17.7 Å². The Hall–Kier alpha value is -1.74. The molecular formula is C19H20O2S. The highest BCUT2D eigenvalue weighted by Crippen LogP contribution is 2.37. The summed E-state index contributed by atoms with van der Waals surface area (Å²) in [6.45, 7) is 2.05. The average Bonchev–Trinajstić information content (AvgIpc) is 3.00. The van der Waals surface area contributed by atoms with Crippen molar-refractivity contribution in [2.24, 2.45) is 0 Å². The van der Waals surface area contributed by atoms with Crippen molar-refractivity contribution in [1.82, 2.24) is 0 Å². The number of hydrogen-bond donors (Lipinski definition) is 1. The molecule has 1 aliphatic carbocycles. The number of carbonyl (C=O) groups is 1. The lowest BCUT2D eigenvalue weighted by Gasteiger charge is -2.12. The number of aryl methyl sites for hydroxylation is 1. The molecule has 1 aliphatic rings. The maximum Gasteiger partial charge on any atom is 0.335 e. The number of rotatable bonds is 4. The molecule has 0 heterocycles. The number of carboxylic acid groups (broad SMARTS) is 1. The summed E-state index contributed by atoms with van der Waals surface area (Å²) < 4.78 is 0. The first-order valence-electron chi connectivity index (χ1n) is 7.74. The molecule has 0 saturated heterocycles. The SMILES string of the molecule is Cc1ccc(-c2cc(SC3CCCC3)cc(C(=O)O)c2)cc1. The molecule has 3 rings (SSSR count). The fourth-order valence-corrected chi connectivity index (χ4v) is 4.25. The van der Waals surface area contributed by atoms with Gasteiger partial charge in [0, 0.05) is 10.1 Å². The third kappa shape index (κ3) is 3.53. The predicted octanol–water partition coefficient (Wildman–Crippen LogP) is 5.39. The number of thioether (sulfide) groups is 1. The molecule has 2 aromatic carbocycles. The van der Waals surface area contributed by atoms with E-state index in [0.717, 1.165) is 16.0 Å². The third-order valence-electron chi connectivity index (χ3n) is 4.14. The predicted molar refractivity (Wildman–Crippen MR) is 91.7 cm³/mol. The minimum atomic E-state index is -0.859. The van der Waals surface area contributed by atoms with Crippen LogP contribution in [-0.4, -0.2) is 16.3 Å². The van der Waals surface area contributed by atoms with E-state index >= 15 is 0 Å². The highest BCUT2D eigenvalue weighted by molar-refractivity contribution is 8.00. The highest BCUT2D eigenvalue weighted by atomic mass is 32.2. The zero-order valence-electron chi connectivity index (χ0n) is 12.7. The van der Waals surface area contributed by atoms with Crippen molar-refractivity contribution in [2.75, 3.05) is 0 Å². The van der Waals surface area contributed by atoms with Crippen LogP contribution in [0.4, 0.5) is 0 Å². The third-order valence-corrected chi connectivity index (χ3v) is 5.46. The molecule has 0 radical (unpaired) electrons. The Bertz CT molecular complexity index is 670. The molecular weight excluding hydrogens is 292 g/mol.